The van der Waals surface area contributed by atoms with Gasteiger partial charge in [0.1, 0.15) is 5.60 Å². The number of ether oxygens (including phenoxy) is 1. The van der Waals surface area contributed by atoms with E-state index in [0.717, 1.165) is 0 Å². The number of aliphatic hydroxyl groups excluding tert-OH is 1. The lowest BCUT2D eigenvalue weighted by molar-refractivity contribution is -0.00567. The molecule has 0 aromatic carbocycles. The Bertz CT molecular complexity index is 244. The SMILES string of the molecule is CC(C)(C)OC(=O)N1CC([C@H](N)CCO)C1. The van der Waals surface area contributed by atoms with Gasteiger partial charge in [-0.15, -0.1) is 0 Å². The van der Waals surface area contributed by atoms with E-state index in [4.69, 9.17) is 15.6 Å². The fourth-order valence-electron chi connectivity index (χ4n) is 1.64. The third-order valence-electron chi connectivity index (χ3n) is 2.63. The van der Waals surface area contributed by atoms with Gasteiger partial charge in [-0.25, -0.2) is 4.79 Å². The first-order chi connectivity index (χ1) is 7.33. The van der Waals surface area contributed by atoms with E-state index >= 15 is 0 Å². The molecule has 16 heavy (non-hydrogen) atoms. The van der Waals surface area contributed by atoms with Crippen molar-refractivity contribution < 1.29 is 14.6 Å². The van der Waals surface area contributed by atoms with E-state index < -0.39 is 5.60 Å². The summed E-state index contributed by atoms with van der Waals surface area (Å²) >= 11 is 0. The van der Waals surface area contributed by atoms with Crippen LogP contribution in [-0.4, -0.2) is 47.4 Å². The van der Waals surface area contributed by atoms with Crippen molar-refractivity contribution in [2.24, 2.45) is 11.7 Å². The first kappa shape index (κ1) is 13.3. The van der Waals surface area contributed by atoms with Crippen LogP contribution >= 0.6 is 0 Å². The van der Waals surface area contributed by atoms with Crippen LogP contribution in [0.2, 0.25) is 0 Å². The molecule has 0 aliphatic carbocycles. The molecule has 1 heterocycles. The zero-order valence-corrected chi connectivity index (χ0v) is 10.3. The summed E-state index contributed by atoms with van der Waals surface area (Å²) in [7, 11) is 0. The third-order valence-corrected chi connectivity index (χ3v) is 2.63. The minimum absolute atomic E-state index is 0.0244. The van der Waals surface area contributed by atoms with Crippen molar-refractivity contribution in [1.29, 1.82) is 0 Å². The van der Waals surface area contributed by atoms with Crippen molar-refractivity contribution in [2.75, 3.05) is 19.7 Å². The van der Waals surface area contributed by atoms with Gasteiger partial charge in [-0.1, -0.05) is 0 Å². The average Bonchev–Trinajstić information content (AvgIpc) is 1.97. The maximum absolute atomic E-state index is 11.6. The second-order valence-electron chi connectivity index (χ2n) is 5.32. The molecule has 0 aromatic heterocycles. The summed E-state index contributed by atoms with van der Waals surface area (Å²) in [5.41, 5.74) is 5.39. The molecule has 1 rings (SSSR count). The largest absolute Gasteiger partial charge is 0.444 e. The van der Waals surface area contributed by atoms with E-state index in [9.17, 15) is 4.79 Å². The van der Waals surface area contributed by atoms with Gasteiger partial charge in [-0.3, -0.25) is 0 Å². The molecule has 0 spiro atoms. The summed E-state index contributed by atoms with van der Waals surface area (Å²) in [6, 6.07) is -0.0244. The Balaban J connectivity index is 2.28. The molecule has 5 nitrogen and oxygen atoms in total. The molecule has 1 aliphatic rings. The van der Waals surface area contributed by atoms with Gasteiger partial charge in [0.25, 0.3) is 0 Å². The Kier molecular flexibility index (Phi) is 4.15. The topological polar surface area (TPSA) is 75.8 Å². The van der Waals surface area contributed by atoms with Crippen LogP contribution in [0.1, 0.15) is 27.2 Å². The van der Waals surface area contributed by atoms with Crippen molar-refractivity contribution in [3.8, 4) is 0 Å². The number of nitrogens with two attached hydrogens (primary N) is 1. The summed E-state index contributed by atoms with van der Waals surface area (Å²) in [6.45, 7) is 6.91. The number of carbonyl (C=O) groups is 1. The third kappa shape index (κ3) is 3.64. The fraction of sp³-hybridized carbons (Fsp3) is 0.909. The standard InChI is InChI=1S/C11H22N2O3/c1-11(2,3)16-10(15)13-6-8(7-13)9(12)4-5-14/h8-9,14H,4-7,12H2,1-3H3/t9-/m1/s1. The Morgan fingerprint density at radius 2 is 2.12 bits per heavy atom. The van der Waals surface area contributed by atoms with Gasteiger partial charge in [-0.05, 0) is 27.2 Å². The van der Waals surface area contributed by atoms with Crippen LogP contribution < -0.4 is 5.73 Å². The quantitative estimate of drug-likeness (QED) is 0.743. The van der Waals surface area contributed by atoms with Gasteiger partial charge in [0.05, 0.1) is 0 Å². The first-order valence-corrected chi connectivity index (χ1v) is 5.68. The van der Waals surface area contributed by atoms with E-state index in [2.05, 4.69) is 0 Å². The Morgan fingerprint density at radius 1 is 1.56 bits per heavy atom. The molecule has 94 valence electrons. The minimum atomic E-state index is -0.449. The highest BCUT2D eigenvalue weighted by atomic mass is 16.6. The predicted molar refractivity (Wildman–Crippen MR) is 61.0 cm³/mol. The highest BCUT2D eigenvalue weighted by molar-refractivity contribution is 5.69. The van der Waals surface area contributed by atoms with Crippen LogP contribution in [0, 0.1) is 5.92 Å². The van der Waals surface area contributed by atoms with Crippen LogP contribution in [0.15, 0.2) is 0 Å². The number of carbonyl (C=O) groups excluding carboxylic acids is 1. The molecule has 1 fully saturated rings. The number of nitrogens with zero attached hydrogens (tertiary/aromatic N) is 1. The molecular weight excluding hydrogens is 208 g/mol. The first-order valence-electron chi connectivity index (χ1n) is 5.68. The number of rotatable bonds is 3. The van der Waals surface area contributed by atoms with Gasteiger partial charge in [0.2, 0.25) is 0 Å². The summed E-state index contributed by atoms with van der Waals surface area (Å²) in [5, 5.41) is 8.75. The van der Waals surface area contributed by atoms with Crippen molar-refractivity contribution in [3.05, 3.63) is 0 Å². The number of aliphatic hydroxyl groups is 1. The highest BCUT2D eigenvalue weighted by Gasteiger charge is 2.36. The molecule has 1 amide bonds. The number of likely N-dealkylation sites (tertiary alicyclic amines) is 1. The Labute approximate surface area is 96.6 Å². The fourth-order valence-corrected chi connectivity index (χ4v) is 1.64. The van der Waals surface area contributed by atoms with Crippen molar-refractivity contribution >= 4 is 6.09 Å². The van der Waals surface area contributed by atoms with Gasteiger partial charge in [0, 0.05) is 31.7 Å². The van der Waals surface area contributed by atoms with Gasteiger partial charge < -0.3 is 20.5 Å². The second-order valence-corrected chi connectivity index (χ2v) is 5.32. The Morgan fingerprint density at radius 3 is 2.56 bits per heavy atom. The van der Waals surface area contributed by atoms with Crippen molar-refractivity contribution in [2.45, 2.75) is 38.8 Å². The van der Waals surface area contributed by atoms with Gasteiger partial charge in [-0.2, -0.15) is 0 Å². The maximum atomic E-state index is 11.6. The van der Waals surface area contributed by atoms with Crippen molar-refractivity contribution in [1.82, 2.24) is 4.90 Å². The summed E-state index contributed by atoms with van der Waals surface area (Å²) in [5.74, 6) is 0.291. The molecule has 1 saturated heterocycles. The molecule has 0 saturated carbocycles. The Hall–Kier alpha value is -0.810. The van der Waals surface area contributed by atoms with Crippen molar-refractivity contribution in [3.63, 3.8) is 0 Å². The molecule has 1 atom stereocenters. The zero-order chi connectivity index (χ0) is 12.3. The zero-order valence-electron chi connectivity index (χ0n) is 10.3. The molecule has 0 radical (unpaired) electrons. The molecule has 0 unspecified atom stereocenters. The van der Waals surface area contributed by atoms with Crippen LogP contribution in [0.25, 0.3) is 0 Å². The van der Waals surface area contributed by atoms with E-state index in [-0.39, 0.29) is 18.7 Å². The molecule has 0 aromatic rings. The van der Waals surface area contributed by atoms with E-state index in [1.54, 1.807) is 4.90 Å². The number of hydrogen-bond donors (Lipinski definition) is 2. The van der Waals surface area contributed by atoms with E-state index in [0.29, 0.717) is 25.4 Å². The van der Waals surface area contributed by atoms with Crippen LogP contribution in [0.5, 0.6) is 0 Å². The molecule has 1 aliphatic heterocycles. The second kappa shape index (κ2) is 5.01. The average molecular weight is 230 g/mol. The van der Waals surface area contributed by atoms with E-state index in [1.807, 2.05) is 20.8 Å². The van der Waals surface area contributed by atoms with E-state index in [1.165, 1.54) is 0 Å². The predicted octanol–water partition coefficient (Wildman–Crippen LogP) is 0.563. The maximum Gasteiger partial charge on any atom is 0.410 e. The lowest BCUT2D eigenvalue weighted by Gasteiger charge is -2.42. The van der Waals surface area contributed by atoms with Crippen LogP contribution in [0.4, 0.5) is 4.79 Å². The molecular formula is C11H22N2O3. The lowest BCUT2D eigenvalue weighted by atomic mass is 9.91. The summed E-state index contributed by atoms with van der Waals surface area (Å²) in [4.78, 5) is 13.2. The summed E-state index contributed by atoms with van der Waals surface area (Å²) in [6.07, 6.45) is 0.312. The molecule has 5 heteroatoms. The molecule has 0 bridgehead atoms. The smallest absolute Gasteiger partial charge is 0.410 e. The normalized spacial score (nSPS) is 19.2. The minimum Gasteiger partial charge on any atom is -0.444 e. The lowest BCUT2D eigenvalue weighted by Crippen LogP contribution is -2.57. The van der Waals surface area contributed by atoms with Gasteiger partial charge in [0.15, 0.2) is 0 Å². The van der Waals surface area contributed by atoms with Crippen LogP contribution in [0.3, 0.4) is 0 Å². The monoisotopic (exact) mass is 230 g/mol. The number of hydrogen-bond acceptors (Lipinski definition) is 4. The highest BCUT2D eigenvalue weighted by Crippen LogP contribution is 2.22. The van der Waals surface area contributed by atoms with Gasteiger partial charge >= 0.3 is 6.09 Å². The summed E-state index contributed by atoms with van der Waals surface area (Å²) < 4.78 is 5.23. The number of amides is 1. The van der Waals surface area contributed by atoms with Crippen LogP contribution in [-0.2, 0) is 4.74 Å². The molecule has 3 N–H and O–H groups in total.